The molecule has 1 unspecified atom stereocenters. The lowest BCUT2D eigenvalue weighted by molar-refractivity contribution is 0.133. The maximum absolute atomic E-state index is 12.0. The third-order valence-corrected chi connectivity index (χ3v) is 4.01. The fourth-order valence-corrected chi connectivity index (χ4v) is 2.64. The molecule has 1 rings (SSSR count). The first-order chi connectivity index (χ1) is 8.86. The minimum absolute atomic E-state index is 0.0656. The summed E-state index contributed by atoms with van der Waals surface area (Å²) in [7, 11) is -3.61. The van der Waals surface area contributed by atoms with Gasteiger partial charge in [0.2, 0.25) is 10.0 Å². The van der Waals surface area contributed by atoms with Crippen LogP contribution >= 0.6 is 12.2 Å². The van der Waals surface area contributed by atoms with Gasteiger partial charge in [-0.1, -0.05) is 12.2 Å². The van der Waals surface area contributed by atoms with Gasteiger partial charge in [-0.15, -0.1) is 0 Å². The van der Waals surface area contributed by atoms with E-state index in [0.29, 0.717) is 18.9 Å². The maximum Gasteiger partial charge on any atom is 0.242 e. The summed E-state index contributed by atoms with van der Waals surface area (Å²) in [6.45, 7) is 4.42. The first-order valence-electron chi connectivity index (χ1n) is 5.72. The summed E-state index contributed by atoms with van der Waals surface area (Å²) in [5, 5.41) is 0. The number of aromatic nitrogens is 1. The topological polar surface area (TPSA) is 94.3 Å². The zero-order valence-corrected chi connectivity index (χ0v) is 12.4. The average molecular weight is 303 g/mol. The van der Waals surface area contributed by atoms with Crippen LogP contribution in [0.4, 0.5) is 0 Å². The molecule has 0 radical (unpaired) electrons. The minimum atomic E-state index is -3.61. The monoisotopic (exact) mass is 303 g/mol. The van der Waals surface area contributed by atoms with Gasteiger partial charge in [-0.25, -0.2) is 13.1 Å². The SMILES string of the molecule is CCOCC(C)NS(=O)(=O)c1ccc(C(N)=S)nc1. The molecular weight excluding hydrogens is 286 g/mol. The van der Waals surface area contributed by atoms with Crippen LogP contribution in [0.15, 0.2) is 23.2 Å². The fourth-order valence-electron chi connectivity index (χ4n) is 1.35. The molecule has 106 valence electrons. The normalized spacial score (nSPS) is 13.2. The number of pyridine rings is 1. The molecule has 0 fully saturated rings. The van der Waals surface area contributed by atoms with Crippen LogP contribution in [0.25, 0.3) is 0 Å². The van der Waals surface area contributed by atoms with E-state index in [1.807, 2.05) is 6.92 Å². The molecule has 0 aliphatic heterocycles. The number of nitrogens with zero attached hydrogens (tertiary/aromatic N) is 1. The summed E-state index contributed by atoms with van der Waals surface area (Å²) in [6, 6.07) is 2.57. The van der Waals surface area contributed by atoms with Crippen molar-refractivity contribution in [1.29, 1.82) is 0 Å². The highest BCUT2D eigenvalue weighted by Gasteiger charge is 2.17. The number of hydrogen-bond acceptors (Lipinski definition) is 5. The predicted octanol–water partition coefficient (Wildman–Crippen LogP) is 0.419. The number of ether oxygens (including phenoxy) is 1. The minimum Gasteiger partial charge on any atom is -0.388 e. The van der Waals surface area contributed by atoms with E-state index < -0.39 is 10.0 Å². The van der Waals surface area contributed by atoms with Crippen LogP contribution < -0.4 is 10.5 Å². The third-order valence-electron chi connectivity index (χ3n) is 2.23. The molecule has 0 saturated carbocycles. The van der Waals surface area contributed by atoms with Crippen LogP contribution in [0.3, 0.4) is 0 Å². The number of thiocarbonyl (C=S) groups is 1. The quantitative estimate of drug-likeness (QED) is 0.709. The van der Waals surface area contributed by atoms with Crippen molar-refractivity contribution < 1.29 is 13.2 Å². The lowest BCUT2D eigenvalue weighted by Crippen LogP contribution is -2.36. The second-order valence-electron chi connectivity index (χ2n) is 3.93. The third kappa shape index (κ3) is 4.83. The molecule has 0 amide bonds. The van der Waals surface area contributed by atoms with E-state index in [4.69, 9.17) is 22.7 Å². The summed E-state index contributed by atoms with van der Waals surface area (Å²) in [5.74, 6) is 0. The zero-order chi connectivity index (χ0) is 14.5. The van der Waals surface area contributed by atoms with Crippen molar-refractivity contribution in [3.05, 3.63) is 24.0 Å². The molecule has 0 saturated heterocycles. The fraction of sp³-hybridized carbons (Fsp3) is 0.455. The maximum atomic E-state index is 12.0. The highest BCUT2D eigenvalue weighted by Crippen LogP contribution is 2.08. The van der Waals surface area contributed by atoms with Gasteiger partial charge in [-0.3, -0.25) is 4.98 Å². The van der Waals surface area contributed by atoms with E-state index in [1.165, 1.54) is 18.3 Å². The zero-order valence-electron chi connectivity index (χ0n) is 10.8. The number of hydrogen-bond donors (Lipinski definition) is 2. The number of nitrogens with one attached hydrogen (secondary N) is 1. The summed E-state index contributed by atoms with van der Waals surface area (Å²) < 4.78 is 31.7. The molecule has 3 N–H and O–H groups in total. The van der Waals surface area contributed by atoms with Crippen LogP contribution in [0, 0.1) is 0 Å². The van der Waals surface area contributed by atoms with Gasteiger partial charge in [0.1, 0.15) is 9.88 Å². The van der Waals surface area contributed by atoms with Gasteiger partial charge in [-0.2, -0.15) is 0 Å². The average Bonchev–Trinajstić information content (AvgIpc) is 2.36. The van der Waals surface area contributed by atoms with Gasteiger partial charge in [0, 0.05) is 18.8 Å². The predicted molar refractivity (Wildman–Crippen MR) is 76.4 cm³/mol. The molecule has 19 heavy (non-hydrogen) atoms. The van der Waals surface area contributed by atoms with Crippen LogP contribution in [-0.4, -0.2) is 37.6 Å². The van der Waals surface area contributed by atoms with E-state index in [0.717, 1.165) is 0 Å². The Morgan fingerprint density at radius 1 is 1.58 bits per heavy atom. The van der Waals surface area contributed by atoms with Crippen molar-refractivity contribution >= 4 is 27.2 Å². The molecule has 1 aromatic heterocycles. The summed E-state index contributed by atoms with van der Waals surface area (Å²) >= 11 is 4.75. The standard InChI is InChI=1S/C11H17N3O3S2/c1-3-17-7-8(2)14-19(15,16)9-4-5-10(11(12)18)13-6-9/h4-6,8,14H,3,7H2,1-2H3,(H2,12,18). The molecular formula is C11H17N3O3S2. The number of rotatable bonds is 7. The lowest BCUT2D eigenvalue weighted by atomic mass is 10.3. The van der Waals surface area contributed by atoms with E-state index in [9.17, 15) is 8.42 Å². The van der Waals surface area contributed by atoms with Crippen molar-refractivity contribution in [3.63, 3.8) is 0 Å². The van der Waals surface area contributed by atoms with Gasteiger partial charge >= 0.3 is 0 Å². The Labute approximate surface area is 118 Å². The van der Waals surface area contributed by atoms with Crippen LogP contribution in [0.1, 0.15) is 19.5 Å². The second-order valence-corrected chi connectivity index (χ2v) is 6.08. The van der Waals surface area contributed by atoms with Crippen LogP contribution in [-0.2, 0) is 14.8 Å². The summed E-state index contributed by atoms with van der Waals surface area (Å²) in [5.41, 5.74) is 5.78. The number of sulfonamides is 1. The van der Waals surface area contributed by atoms with Gasteiger partial charge < -0.3 is 10.5 Å². The van der Waals surface area contributed by atoms with Crippen molar-refractivity contribution in [2.45, 2.75) is 24.8 Å². The van der Waals surface area contributed by atoms with E-state index in [-0.39, 0.29) is 15.9 Å². The van der Waals surface area contributed by atoms with E-state index >= 15 is 0 Å². The molecule has 0 aliphatic rings. The molecule has 0 aliphatic carbocycles. The van der Waals surface area contributed by atoms with Crippen LogP contribution in [0.2, 0.25) is 0 Å². The van der Waals surface area contributed by atoms with Gasteiger partial charge in [-0.05, 0) is 26.0 Å². The van der Waals surface area contributed by atoms with Gasteiger partial charge in [0.15, 0.2) is 0 Å². The molecule has 0 aromatic carbocycles. The Morgan fingerprint density at radius 2 is 2.26 bits per heavy atom. The Hall–Kier alpha value is -1.09. The van der Waals surface area contributed by atoms with Crippen molar-refractivity contribution in [3.8, 4) is 0 Å². The van der Waals surface area contributed by atoms with E-state index in [2.05, 4.69) is 9.71 Å². The smallest absolute Gasteiger partial charge is 0.242 e. The van der Waals surface area contributed by atoms with Crippen molar-refractivity contribution in [2.24, 2.45) is 5.73 Å². The largest absolute Gasteiger partial charge is 0.388 e. The molecule has 8 heteroatoms. The Bertz CT molecular complexity index is 529. The number of nitrogens with two attached hydrogens (primary N) is 1. The molecule has 6 nitrogen and oxygen atoms in total. The first kappa shape index (κ1) is 16.0. The molecule has 1 atom stereocenters. The first-order valence-corrected chi connectivity index (χ1v) is 7.62. The highest BCUT2D eigenvalue weighted by atomic mass is 32.2. The van der Waals surface area contributed by atoms with Crippen molar-refractivity contribution in [2.75, 3.05) is 13.2 Å². The van der Waals surface area contributed by atoms with Gasteiger partial charge in [0.05, 0.1) is 12.3 Å². The second kappa shape index (κ2) is 6.90. The highest BCUT2D eigenvalue weighted by molar-refractivity contribution is 7.89. The molecule has 1 heterocycles. The molecule has 1 aromatic rings. The Kier molecular flexibility index (Phi) is 5.80. The summed E-state index contributed by atoms with van der Waals surface area (Å²) in [4.78, 5) is 4.09. The van der Waals surface area contributed by atoms with Gasteiger partial charge in [0.25, 0.3) is 0 Å². The lowest BCUT2D eigenvalue weighted by Gasteiger charge is -2.13. The summed E-state index contributed by atoms with van der Waals surface area (Å²) in [6.07, 6.45) is 1.23. The van der Waals surface area contributed by atoms with E-state index in [1.54, 1.807) is 6.92 Å². The molecule has 0 spiro atoms. The van der Waals surface area contributed by atoms with Crippen molar-refractivity contribution in [1.82, 2.24) is 9.71 Å². The Morgan fingerprint density at radius 3 is 2.74 bits per heavy atom. The molecule has 0 bridgehead atoms. The van der Waals surface area contributed by atoms with Crippen LogP contribution in [0.5, 0.6) is 0 Å². The Balaban J connectivity index is 2.79.